The van der Waals surface area contributed by atoms with Crippen molar-refractivity contribution in [2.75, 3.05) is 37.1 Å². The van der Waals surface area contributed by atoms with Gasteiger partial charge < -0.3 is 19.3 Å². The molecule has 0 saturated heterocycles. The van der Waals surface area contributed by atoms with Crippen molar-refractivity contribution in [2.24, 2.45) is 0 Å². The highest BCUT2D eigenvalue weighted by atomic mass is 32.2. The molecule has 2 heterocycles. The summed E-state index contributed by atoms with van der Waals surface area (Å²) >= 11 is 3.77. The molecule has 2 aliphatic rings. The van der Waals surface area contributed by atoms with Crippen LogP contribution in [0.4, 0.5) is 11.4 Å². The summed E-state index contributed by atoms with van der Waals surface area (Å²) in [6, 6.07) is 30.1. The van der Waals surface area contributed by atoms with Crippen molar-refractivity contribution in [3.05, 3.63) is 108 Å². The van der Waals surface area contributed by atoms with Crippen LogP contribution >= 0.6 is 23.5 Å². The van der Waals surface area contributed by atoms with E-state index in [4.69, 9.17) is 9.47 Å². The second kappa shape index (κ2) is 12.0. The first-order chi connectivity index (χ1) is 20.1. The zero-order valence-electron chi connectivity index (χ0n) is 23.8. The largest absolute Gasteiger partial charge is 0.497 e. The van der Waals surface area contributed by atoms with Gasteiger partial charge in [0.05, 0.1) is 36.0 Å². The third-order valence-electron chi connectivity index (χ3n) is 7.57. The Morgan fingerprint density at radius 1 is 0.683 bits per heavy atom. The maximum absolute atomic E-state index is 5.33. The molecule has 6 heteroatoms. The van der Waals surface area contributed by atoms with E-state index in [2.05, 4.69) is 103 Å². The lowest BCUT2D eigenvalue weighted by molar-refractivity contribution is 0.415. The van der Waals surface area contributed by atoms with E-state index in [1.165, 1.54) is 48.4 Å². The summed E-state index contributed by atoms with van der Waals surface area (Å²) in [6.45, 7) is 6.34. The smallest absolute Gasteiger partial charge is 0.118 e. The zero-order chi connectivity index (χ0) is 28.3. The van der Waals surface area contributed by atoms with Crippen molar-refractivity contribution in [3.8, 4) is 33.8 Å². The number of methoxy groups -OCH3 is 2. The van der Waals surface area contributed by atoms with Crippen molar-refractivity contribution in [1.82, 2.24) is 0 Å². The number of hydrogen-bond acceptors (Lipinski definition) is 6. The standard InChI is InChI=1S/C35H34N2O2S2/c1-5-36-30-20-14-26(24-10-16-28(38-3)17-11-24)22-32(30)40-34(36)8-7-9-35-37(6-2)31-21-15-27(23-33(31)41-35)25-12-18-29(39-4)19-13-25/h7-23,34H,5-6H2,1-4H3. The van der Waals surface area contributed by atoms with E-state index in [0.29, 0.717) is 0 Å². The van der Waals surface area contributed by atoms with E-state index < -0.39 is 0 Å². The number of likely N-dealkylation sites (N-methyl/N-ethyl adjacent to an activating group) is 1. The van der Waals surface area contributed by atoms with Gasteiger partial charge in [0, 0.05) is 22.9 Å². The second-order valence-corrected chi connectivity index (χ2v) is 12.1. The molecule has 0 radical (unpaired) electrons. The minimum Gasteiger partial charge on any atom is -0.497 e. The molecule has 2 aliphatic heterocycles. The molecule has 1 unspecified atom stereocenters. The Balaban J connectivity index is 1.19. The Bertz CT molecular complexity index is 1600. The van der Waals surface area contributed by atoms with Crippen LogP contribution in [0, 0.1) is 0 Å². The van der Waals surface area contributed by atoms with Gasteiger partial charge in [0.15, 0.2) is 0 Å². The van der Waals surface area contributed by atoms with Gasteiger partial charge in [0.2, 0.25) is 0 Å². The van der Waals surface area contributed by atoms with Gasteiger partial charge in [-0.1, -0.05) is 72.1 Å². The van der Waals surface area contributed by atoms with Crippen molar-refractivity contribution in [2.45, 2.75) is 29.0 Å². The van der Waals surface area contributed by atoms with Gasteiger partial charge in [-0.2, -0.15) is 0 Å². The molecule has 0 aliphatic carbocycles. The van der Waals surface area contributed by atoms with Gasteiger partial charge in [-0.3, -0.25) is 0 Å². The maximum atomic E-state index is 5.33. The molecule has 0 fully saturated rings. The fourth-order valence-corrected chi connectivity index (χ4v) is 7.88. The third-order valence-corrected chi connectivity index (χ3v) is 9.92. The molecular formula is C35H34N2O2S2. The molecule has 0 aromatic heterocycles. The van der Waals surface area contributed by atoms with Crippen molar-refractivity contribution < 1.29 is 9.47 Å². The number of allylic oxidation sites excluding steroid dienone is 2. The topological polar surface area (TPSA) is 24.9 Å². The molecule has 208 valence electrons. The van der Waals surface area contributed by atoms with Crippen LogP contribution in [0.5, 0.6) is 11.5 Å². The highest BCUT2D eigenvalue weighted by Crippen LogP contribution is 2.48. The van der Waals surface area contributed by atoms with Crippen LogP contribution < -0.4 is 19.3 Å². The summed E-state index contributed by atoms with van der Waals surface area (Å²) in [6.07, 6.45) is 6.83. The number of hydrogen-bond donors (Lipinski definition) is 0. The number of thioether (sulfide) groups is 2. The highest BCUT2D eigenvalue weighted by Gasteiger charge is 2.28. The number of ether oxygens (including phenoxy) is 2. The van der Waals surface area contributed by atoms with Crippen molar-refractivity contribution in [1.29, 1.82) is 0 Å². The molecule has 41 heavy (non-hydrogen) atoms. The Morgan fingerprint density at radius 2 is 1.24 bits per heavy atom. The van der Waals surface area contributed by atoms with E-state index >= 15 is 0 Å². The van der Waals surface area contributed by atoms with Crippen molar-refractivity contribution in [3.63, 3.8) is 0 Å². The summed E-state index contributed by atoms with van der Waals surface area (Å²) in [5, 5.41) is 1.53. The maximum Gasteiger partial charge on any atom is 0.118 e. The number of nitrogens with zero attached hydrogens (tertiary/aromatic N) is 2. The van der Waals surface area contributed by atoms with E-state index in [1.54, 1.807) is 14.2 Å². The van der Waals surface area contributed by atoms with Crippen LogP contribution in [-0.4, -0.2) is 32.7 Å². The number of anilines is 2. The molecule has 4 aromatic rings. The van der Waals surface area contributed by atoms with Crippen LogP contribution in [0.2, 0.25) is 0 Å². The monoisotopic (exact) mass is 578 g/mol. The quantitative estimate of drug-likeness (QED) is 0.207. The summed E-state index contributed by atoms with van der Waals surface area (Å²) < 4.78 is 10.7. The fraction of sp³-hybridized carbons (Fsp3) is 0.200. The van der Waals surface area contributed by atoms with Gasteiger partial charge in [0.1, 0.15) is 11.5 Å². The number of rotatable bonds is 8. The SMILES string of the molecule is CCN1C(=CC=CC2Sc3cc(-c4ccc(OC)cc4)ccc3N2CC)Sc2cc(-c3ccc(OC)cc3)ccc21. The van der Waals surface area contributed by atoms with Crippen LogP contribution in [0.3, 0.4) is 0 Å². The number of fused-ring (bicyclic) bond motifs is 2. The minimum absolute atomic E-state index is 0.267. The Kier molecular flexibility index (Phi) is 8.04. The molecule has 0 saturated carbocycles. The predicted octanol–water partition coefficient (Wildman–Crippen LogP) is 9.33. The normalized spacial score (nSPS) is 16.9. The molecule has 4 aromatic carbocycles. The summed E-state index contributed by atoms with van der Waals surface area (Å²) in [5.74, 6) is 1.75. The minimum atomic E-state index is 0.267. The lowest BCUT2D eigenvalue weighted by Gasteiger charge is -2.22. The second-order valence-electron chi connectivity index (χ2n) is 9.85. The number of benzene rings is 4. The summed E-state index contributed by atoms with van der Waals surface area (Å²) in [7, 11) is 3.40. The molecule has 0 amide bonds. The summed E-state index contributed by atoms with van der Waals surface area (Å²) in [5.41, 5.74) is 7.43. The molecule has 6 rings (SSSR count). The highest BCUT2D eigenvalue weighted by molar-refractivity contribution is 8.03. The predicted molar refractivity (Wildman–Crippen MR) is 176 cm³/mol. The van der Waals surface area contributed by atoms with Gasteiger partial charge >= 0.3 is 0 Å². The van der Waals surface area contributed by atoms with E-state index in [-0.39, 0.29) is 5.37 Å². The average Bonchev–Trinajstić information content (AvgIpc) is 3.56. The molecule has 0 bridgehead atoms. The lowest BCUT2D eigenvalue weighted by Crippen LogP contribution is -2.27. The van der Waals surface area contributed by atoms with Gasteiger partial charge in [0.25, 0.3) is 0 Å². The van der Waals surface area contributed by atoms with E-state index in [1.807, 2.05) is 47.8 Å². The fourth-order valence-electron chi connectivity index (χ4n) is 5.38. The van der Waals surface area contributed by atoms with Gasteiger partial charge in [-0.15, -0.1) is 0 Å². The first-order valence-electron chi connectivity index (χ1n) is 14.0. The van der Waals surface area contributed by atoms with E-state index in [0.717, 1.165) is 24.6 Å². The molecule has 4 nitrogen and oxygen atoms in total. The first kappa shape index (κ1) is 27.4. The molecule has 1 atom stereocenters. The Hall–Kier alpha value is -3.74. The molecular weight excluding hydrogens is 545 g/mol. The van der Waals surface area contributed by atoms with Crippen LogP contribution in [0.15, 0.2) is 118 Å². The third kappa shape index (κ3) is 5.46. The summed E-state index contributed by atoms with van der Waals surface area (Å²) in [4.78, 5) is 7.49. The lowest BCUT2D eigenvalue weighted by atomic mass is 10.0. The Morgan fingerprint density at radius 3 is 1.80 bits per heavy atom. The zero-order valence-corrected chi connectivity index (χ0v) is 25.5. The van der Waals surface area contributed by atoms with Crippen LogP contribution in [0.25, 0.3) is 22.3 Å². The Labute approximate surface area is 251 Å². The van der Waals surface area contributed by atoms with Gasteiger partial charge in [-0.25, -0.2) is 0 Å². The molecule has 0 N–H and O–H groups in total. The molecule has 0 spiro atoms. The van der Waals surface area contributed by atoms with Gasteiger partial charge in [-0.05, 0) is 90.7 Å². The van der Waals surface area contributed by atoms with E-state index in [9.17, 15) is 0 Å². The van der Waals surface area contributed by atoms with Crippen LogP contribution in [-0.2, 0) is 0 Å². The average molecular weight is 579 g/mol. The first-order valence-corrected chi connectivity index (χ1v) is 15.7. The van der Waals surface area contributed by atoms with Crippen LogP contribution in [0.1, 0.15) is 13.8 Å². The van der Waals surface area contributed by atoms with Crippen molar-refractivity contribution >= 4 is 34.9 Å².